The molecule has 8 heteroatoms. The van der Waals surface area contributed by atoms with Gasteiger partial charge in [0.25, 0.3) is 0 Å². The summed E-state index contributed by atoms with van der Waals surface area (Å²) in [5.74, 6) is -1.54. The Bertz CT molecular complexity index is 702. The number of carboxylic acid groups (broad SMARTS) is 1. The van der Waals surface area contributed by atoms with Crippen molar-refractivity contribution in [3.63, 3.8) is 0 Å². The summed E-state index contributed by atoms with van der Waals surface area (Å²) in [6, 6.07) is 3.42. The fraction of sp³-hybridized carbons (Fsp3) is 0.286. The van der Waals surface area contributed by atoms with Gasteiger partial charge < -0.3 is 20.3 Å². The third-order valence-corrected chi connectivity index (χ3v) is 3.06. The fourth-order valence-corrected chi connectivity index (χ4v) is 2.09. The normalized spacial score (nSPS) is 11.6. The first-order valence-corrected chi connectivity index (χ1v) is 6.41. The number of rotatable bonds is 5. The Morgan fingerprint density at radius 1 is 1.36 bits per heavy atom. The maximum atomic E-state index is 13.0. The number of alkyl halides is 3. The summed E-state index contributed by atoms with van der Waals surface area (Å²) in [5, 5.41) is 22.6. The molecule has 0 spiro atoms. The van der Waals surface area contributed by atoms with Crippen molar-refractivity contribution in [3.8, 4) is 0 Å². The van der Waals surface area contributed by atoms with Crippen molar-refractivity contribution in [2.75, 3.05) is 18.5 Å². The molecule has 0 radical (unpaired) electrons. The van der Waals surface area contributed by atoms with E-state index in [9.17, 15) is 23.1 Å². The van der Waals surface area contributed by atoms with Gasteiger partial charge in [0.05, 0.1) is 22.7 Å². The molecule has 0 atom stereocenters. The van der Waals surface area contributed by atoms with Crippen LogP contribution in [-0.2, 0) is 6.18 Å². The van der Waals surface area contributed by atoms with Crippen LogP contribution in [0, 0.1) is 0 Å². The van der Waals surface area contributed by atoms with Gasteiger partial charge in [0.1, 0.15) is 0 Å². The Hall–Kier alpha value is -2.35. The summed E-state index contributed by atoms with van der Waals surface area (Å²) in [4.78, 5) is 14.7. The van der Waals surface area contributed by atoms with E-state index in [-0.39, 0.29) is 35.3 Å². The zero-order valence-corrected chi connectivity index (χ0v) is 11.3. The number of halogens is 3. The molecule has 0 amide bonds. The maximum absolute atomic E-state index is 13.0. The van der Waals surface area contributed by atoms with Crippen LogP contribution in [0.1, 0.15) is 22.3 Å². The van der Waals surface area contributed by atoms with Gasteiger partial charge in [0, 0.05) is 30.3 Å². The second-order valence-electron chi connectivity index (χ2n) is 4.54. The smallest absolute Gasteiger partial charge is 0.418 e. The molecule has 1 aromatic heterocycles. The lowest BCUT2D eigenvalue weighted by Gasteiger charge is -2.17. The summed E-state index contributed by atoms with van der Waals surface area (Å²) in [7, 11) is 0. The van der Waals surface area contributed by atoms with Gasteiger partial charge in [0.15, 0.2) is 0 Å². The summed E-state index contributed by atoms with van der Waals surface area (Å²) in [6.45, 7) is 0.0661. The number of fused-ring (bicyclic) bond motifs is 1. The molecule has 1 heterocycles. The molecule has 0 fully saturated rings. The molecule has 2 rings (SSSR count). The fourth-order valence-electron chi connectivity index (χ4n) is 2.09. The van der Waals surface area contributed by atoms with E-state index in [0.717, 1.165) is 12.3 Å². The molecule has 0 unspecified atom stereocenters. The first-order chi connectivity index (χ1) is 10.4. The van der Waals surface area contributed by atoms with E-state index in [2.05, 4.69) is 10.3 Å². The molecule has 0 bridgehead atoms. The number of carbonyl (C=O) groups excluding carboxylic acids is 1. The number of hydrogen-bond donors (Lipinski definition) is 2. The molecule has 118 valence electrons. The van der Waals surface area contributed by atoms with Gasteiger partial charge >= 0.3 is 6.18 Å². The second-order valence-corrected chi connectivity index (χ2v) is 4.54. The van der Waals surface area contributed by atoms with Crippen molar-refractivity contribution in [2.45, 2.75) is 12.6 Å². The largest absolute Gasteiger partial charge is 0.545 e. The van der Waals surface area contributed by atoms with Crippen LogP contribution in [0.5, 0.6) is 0 Å². The van der Waals surface area contributed by atoms with Gasteiger partial charge in [-0.25, -0.2) is 0 Å². The molecule has 1 aromatic carbocycles. The van der Waals surface area contributed by atoms with Crippen LogP contribution in [0.25, 0.3) is 10.9 Å². The van der Waals surface area contributed by atoms with Gasteiger partial charge in [0.2, 0.25) is 0 Å². The van der Waals surface area contributed by atoms with Crippen molar-refractivity contribution in [3.05, 3.63) is 35.5 Å². The van der Waals surface area contributed by atoms with E-state index in [0.29, 0.717) is 6.42 Å². The Balaban J connectivity index is 2.65. The van der Waals surface area contributed by atoms with Crippen molar-refractivity contribution in [1.29, 1.82) is 0 Å². The average Bonchev–Trinajstić information content (AvgIpc) is 2.45. The number of para-hydroxylation sites is 1. The lowest BCUT2D eigenvalue weighted by molar-refractivity contribution is -0.254. The highest BCUT2D eigenvalue weighted by Crippen LogP contribution is 2.36. The van der Waals surface area contributed by atoms with E-state index in [1.165, 1.54) is 12.1 Å². The molecule has 0 aliphatic heterocycles. The van der Waals surface area contributed by atoms with Crippen LogP contribution in [0.15, 0.2) is 24.4 Å². The number of anilines is 1. The molecule has 5 nitrogen and oxygen atoms in total. The first-order valence-electron chi connectivity index (χ1n) is 6.41. The van der Waals surface area contributed by atoms with Gasteiger partial charge in [-0.2, -0.15) is 13.2 Å². The summed E-state index contributed by atoms with van der Waals surface area (Å²) >= 11 is 0. The highest BCUT2D eigenvalue weighted by Gasteiger charge is 2.33. The van der Waals surface area contributed by atoms with Crippen LogP contribution in [0.4, 0.5) is 18.9 Å². The molecular formula is C14H12F3N2O3-. The number of carboxylic acids is 1. The Morgan fingerprint density at radius 3 is 2.68 bits per heavy atom. The minimum Gasteiger partial charge on any atom is -0.545 e. The zero-order chi connectivity index (χ0) is 16.3. The highest BCUT2D eigenvalue weighted by atomic mass is 19.4. The number of hydrogen-bond acceptors (Lipinski definition) is 5. The predicted molar refractivity (Wildman–Crippen MR) is 71.3 cm³/mol. The molecule has 0 aliphatic carbocycles. The van der Waals surface area contributed by atoms with E-state index in [1.54, 1.807) is 0 Å². The minimum absolute atomic E-state index is 0.00421. The molecule has 0 saturated carbocycles. The quantitative estimate of drug-likeness (QED) is 0.815. The molecule has 2 aromatic rings. The van der Waals surface area contributed by atoms with Crippen molar-refractivity contribution < 1.29 is 28.2 Å². The molecule has 0 aliphatic rings. The standard InChI is InChI=1S/C14H13F3N2O3/c15-14(16,17)10-4-1-3-8-11(18-5-2-6-20)9(13(21)22)7-19-12(8)10/h1,3-4,7,20H,2,5-6H2,(H,18,19)(H,21,22)/p-1. The van der Waals surface area contributed by atoms with Crippen LogP contribution >= 0.6 is 0 Å². The topological polar surface area (TPSA) is 85.3 Å². The number of carbonyl (C=O) groups is 1. The summed E-state index contributed by atoms with van der Waals surface area (Å²) < 4.78 is 39.0. The number of nitrogens with one attached hydrogen (secondary N) is 1. The van der Waals surface area contributed by atoms with Crippen molar-refractivity contribution in [1.82, 2.24) is 4.98 Å². The summed E-state index contributed by atoms with van der Waals surface area (Å²) in [6.07, 6.45) is -3.44. The number of aromatic carboxylic acids is 1. The maximum Gasteiger partial charge on any atom is 0.418 e. The molecule has 0 saturated heterocycles. The molecule has 2 N–H and O–H groups in total. The van der Waals surface area contributed by atoms with E-state index < -0.39 is 17.7 Å². The van der Waals surface area contributed by atoms with Gasteiger partial charge in [-0.3, -0.25) is 4.98 Å². The number of nitrogens with zero attached hydrogens (tertiary/aromatic N) is 1. The van der Waals surface area contributed by atoms with Crippen LogP contribution in [0.2, 0.25) is 0 Å². The van der Waals surface area contributed by atoms with E-state index in [1.807, 2.05) is 0 Å². The lowest BCUT2D eigenvalue weighted by atomic mass is 10.0. The summed E-state index contributed by atoms with van der Waals surface area (Å²) in [5.41, 5.74) is -1.61. The first kappa shape index (κ1) is 16.0. The van der Waals surface area contributed by atoms with Gasteiger partial charge in [-0.05, 0) is 12.5 Å². The van der Waals surface area contributed by atoms with Crippen LogP contribution < -0.4 is 10.4 Å². The number of pyridine rings is 1. The van der Waals surface area contributed by atoms with Crippen molar-refractivity contribution in [2.24, 2.45) is 0 Å². The third kappa shape index (κ3) is 3.11. The van der Waals surface area contributed by atoms with Gasteiger partial charge in [-0.1, -0.05) is 12.1 Å². The average molecular weight is 313 g/mol. The second kappa shape index (κ2) is 6.18. The number of benzene rings is 1. The zero-order valence-electron chi connectivity index (χ0n) is 11.3. The van der Waals surface area contributed by atoms with Crippen molar-refractivity contribution >= 4 is 22.6 Å². The number of aromatic nitrogens is 1. The van der Waals surface area contributed by atoms with Crippen LogP contribution in [0.3, 0.4) is 0 Å². The minimum atomic E-state index is -4.60. The third-order valence-electron chi connectivity index (χ3n) is 3.06. The Labute approximate surface area is 123 Å². The number of aliphatic hydroxyl groups excluding tert-OH is 1. The lowest BCUT2D eigenvalue weighted by Crippen LogP contribution is -2.24. The monoisotopic (exact) mass is 313 g/mol. The predicted octanol–water partition coefficient (Wildman–Crippen LogP) is 1.41. The Kier molecular flexibility index (Phi) is 4.51. The highest BCUT2D eigenvalue weighted by molar-refractivity contribution is 6.04. The Morgan fingerprint density at radius 2 is 2.09 bits per heavy atom. The molecule has 22 heavy (non-hydrogen) atoms. The SMILES string of the molecule is O=C([O-])c1cnc2c(C(F)(F)F)cccc2c1NCCCO. The van der Waals surface area contributed by atoms with Crippen LogP contribution in [-0.4, -0.2) is 29.2 Å². The van der Waals surface area contributed by atoms with E-state index >= 15 is 0 Å². The van der Waals surface area contributed by atoms with Gasteiger partial charge in [-0.15, -0.1) is 0 Å². The molecular weight excluding hydrogens is 301 g/mol. The number of aliphatic hydroxyl groups is 1. The van der Waals surface area contributed by atoms with E-state index in [4.69, 9.17) is 5.11 Å².